The highest BCUT2D eigenvalue weighted by Gasteiger charge is 2.17. The lowest BCUT2D eigenvalue weighted by Crippen LogP contribution is -2.31. The summed E-state index contributed by atoms with van der Waals surface area (Å²) < 4.78 is 13.1. The molecule has 180 valence electrons. The van der Waals surface area contributed by atoms with Crippen molar-refractivity contribution in [2.45, 2.75) is 36.4 Å². The molecule has 1 N–H and O–H groups in total. The third kappa shape index (κ3) is 5.66. The lowest BCUT2D eigenvalue weighted by molar-refractivity contribution is 0.0858. The molecule has 7 nitrogen and oxygen atoms in total. The van der Waals surface area contributed by atoms with Gasteiger partial charge in [-0.3, -0.25) is 9.78 Å². The van der Waals surface area contributed by atoms with Crippen LogP contribution in [0, 0.1) is 0 Å². The lowest BCUT2D eigenvalue weighted by Gasteiger charge is -2.11. The van der Waals surface area contributed by atoms with E-state index in [2.05, 4.69) is 27.0 Å². The van der Waals surface area contributed by atoms with Crippen molar-refractivity contribution in [1.82, 2.24) is 19.9 Å². The maximum Gasteiger partial charge on any atom is 0.251 e. The number of rotatable bonds is 9. The van der Waals surface area contributed by atoms with Gasteiger partial charge < -0.3 is 19.4 Å². The predicted molar refractivity (Wildman–Crippen MR) is 137 cm³/mol. The lowest BCUT2D eigenvalue weighted by atomic mass is 10.1. The Balaban J connectivity index is 1.26. The Bertz CT molecular complexity index is 1280. The quantitative estimate of drug-likeness (QED) is 0.345. The van der Waals surface area contributed by atoms with E-state index in [1.807, 2.05) is 48.7 Å². The number of nitrogens with one attached hydrogen (secondary N) is 1. The molecule has 0 spiro atoms. The summed E-state index contributed by atoms with van der Waals surface area (Å²) in [5.74, 6) is 1.52. The molecule has 0 saturated carbocycles. The minimum absolute atomic E-state index is 0.0616. The molecule has 3 heterocycles. The number of carbonyl (C=O) groups is 1. The molecule has 1 fully saturated rings. The van der Waals surface area contributed by atoms with Crippen LogP contribution in [0.3, 0.4) is 0 Å². The number of ether oxygens (including phenoxy) is 2. The summed E-state index contributed by atoms with van der Waals surface area (Å²) >= 11 is 1.68. The van der Waals surface area contributed by atoms with Gasteiger partial charge in [0.15, 0.2) is 5.16 Å². The van der Waals surface area contributed by atoms with E-state index in [0.717, 1.165) is 58.3 Å². The summed E-state index contributed by atoms with van der Waals surface area (Å²) in [4.78, 5) is 21.6. The largest absolute Gasteiger partial charge is 0.497 e. The molecule has 4 aromatic rings. The molecule has 2 aromatic heterocycles. The molecule has 0 bridgehead atoms. The Morgan fingerprint density at radius 3 is 2.69 bits per heavy atom. The maximum atomic E-state index is 12.5. The molecule has 0 radical (unpaired) electrons. The number of hydrogen-bond donors (Lipinski definition) is 1. The third-order valence-electron chi connectivity index (χ3n) is 6.11. The van der Waals surface area contributed by atoms with Gasteiger partial charge in [0, 0.05) is 30.7 Å². The maximum absolute atomic E-state index is 12.5. The number of fused-ring (bicyclic) bond motifs is 1. The van der Waals surface area contributed by atoms with Gasteiger partial charge in [-0.25, -0.2) is 4.98 Å². The van der Waals surface area contributed by atoms with Crippen molar-refractivity contribution in [2.75, 3.05) is 20.3 Å². The molecule has 0 unspecified atom stereocenters. The number of benzene rings is 2. The zero-order valence-corrected chi connectivity index (χ0v) is 20.5. The highest BCUT2D eigenvalue weighted by atomic mass is 32.2. The van der Waals surface area contributed by atoms with E-state index in [9.17, 15) is 4.79 Å². The third-order valence-corrected chi connectivity index (χ3v) is 7.16. The van der Waals surface area contributed by atoms with Crippen molar-refractivity contribution < 1.29 is 14.3 Å². The van der Waals surface area contributed by atoms with E-state index in [1.54, 1.807) is 25.1 Å². The van der Waals surface area contributed by atoms with Crippen molar-refractivity contribution in [1.29, 1.82) is 0 Å². The Kier molecular flexibility index (Phi) is 7.30. The standard InChI is InChI=1S/C27H28N4O3S/c1-33-22-10-6-19(7-11-22)17-31-25-16-28-13-12-24(25)30-27(31)35-18-20-4-8-21(9-5-20)26(32)29-15-23-3-2-14-34-23/h4-13,16,23H,2-3,14-15,17-18H2,1H3,(H,29,32)/t23-/m1/s1. The second kappa shape index (κ2) is 10.9. The summed E-state index contributed by atoms with van der Waals surface area (Å²) in [5, 5.41) is 3.91. The first kappa shape index (κ1) is 23.4. The molecule has 1 atom stereocenters. The van der Waals surface area contributed by atoms with Crippen LogP contribution in [0.4, 0.5) is 0 Å². The van der Waals surface area contributed by atoms with Crippen LogP contribution in [0.2, 0.25) is 0 Å². The summed E-state index contributed by atoms with van der Waals surface area (Å²) in [6, 6.07) is 17.8. The van der Waals surface area contributed by atoms with Crippen molar-refractivity contribution in [3.63, 3.8) is 0 Å². The molecule has 35 heavy (non-hydrogen) atoms. The molecule has 1 saturated heterocycles. The van der Waals surface area contributed by atoms with Crippen molar-refractivity contribution >= 4 is 28.7 Å². The van der Waals surface area contributed by atoms with Gasteiger partial charge >= 0.3 is 0 Å². The second-order valence-corrected chi connectivity index (χ2v) is 9.47. The van der Waals surface area contributed by atoms with Crippen LogP contribution in [0.15, 0.2) is 72.1 Å². The fourth-order valence-corrected chi connectivity index (χ4v) is 5.11. The average molecular weight is 489 g/mol. The Morgan fingerprint density at radius 1 is 1.14 bits per heavy atom. The average Bonchev–Trinajstić information content (AvgIpc) is 3.55. The van der Waals surface area contributed by atoms with Crippen molar-refractivity contribution in [3.8, 4) is 5.75 Å². The number of amides is 1. The predicted octanol–water partition coefficient (Wildman–Crippen LogP) is 4.69. The summed E-state index contributed by atoms with van der Waals surface area (Å²) in [6.45, 7) is 2.05. The van der Waals surface area contributed by atoms with Crippen molar-refractivity contribution in [3.05, 3.63) is 83.7 Å². The number of hydrogen-bond acceptors (Lipinski definition) is 6. The first-order chi connectivity index (χ1) is 17.2. The van der Waals surface area contributed by atoms with Gasteiger partial charge in [-0.2, -0.15) is 0 Å². The van der Waals surface area contributed by atoms with E-state index >= 15 is 0 Å². The SMILES string of the molecule is COc1ccc(Cn2c(SCc3ccc(C(=O)NC[C@H]4CCCO4)cc3)nc3ccncc32)cc1. The van der Waals surface area contributed by atoms with Crippen LogP contribution >= 0.6 is 11.8 Å². The molecule has 8 heteroatoms. The highest BCUT2D eigenvalue weighted by molar-refractivity contribution is 7.98. The molecule has 1 aliphatic rings. The molecular weight excluding hydrogens is 460 g/mol. The number of methoxy groups -OCH3 is 1. The Hall–Kier alpha value is -3.36. The van der Waals surface area contributed by atoms with Gasteiger partial charge in [0.2, 0.25) is 0 Å². The van der Waals surface area contributed by atoms with Crippen molar-refractivity contribution in [2.24, 2.45) is 0 Å². The van der Waals surface area contributed by atoms with Gasteiger partial charge in [0.25, 0.3) is 5.91 Å². The summed E-state index contributed by atoms with van der Waals surface area (Å²) in [6.07, 6.45) is 5.85. The van der Waals surface area contributed by atoms with Crippen LogP contribution in [0.1, 0.15) is 34.3 Å². The topological polar surface area (TPSA) is 78.3 Å². The van der Waals surface area contributed by atoms with Gasteiger partial charge in [-0.15, -0.1) is 0 Å². The van der Waals surface area contributed by atoms with Gasteiger partial charge in [0.1, 0.15) is 5.75 Å². The number of pyridine rings is 1. The fourth-order valence-electron chi connectivity index (χ4n) is 4.14. The molecule has 2 aromatic carbocycles. The molecule has 1 amide bonds. The van der Waals surface area contributed by atoms with E-state index in [0.29, 0.717) is 18.7 Å². The van der Waals surface area contributed by atoms with Gasteiger partial charge in [-0.1, -0.05) is 36.0 Å². The first-order valence-electron chi connectivity index (χ1n) is 11.7. The first-order valence-corrected chi connectivity index (χ1v) is 12.7. The highest BCUT2D eigenvalue weighted by Crippen LogP contribution is 2.28. The van der Waals surface area contributed by atoms with Gasteiger partial charge in [-0.05, 0) is 54.3 Å². The normalized spacial score (nSPS) is 15.4. The molecular formula is C27H28N4O3S. The zero-order valence-electron chi connectivity index (χ0n) is 19.6. The molecule has 0 aliphatic carbocycles. The number of carbonyl (C=O) groups excluding carboxylic acids is 1. The monoisotopic (exact) mass is 488 g/mol. The zero-order chi connectivity index (χ0) is 24.0. The summed E-state index contributed by atoms with van der Waals surface area (Å²) in [7, 11) is 1.67. The van der Waals surface area contributed by atoms with Gasteiger partial charge in [0.05, 0.1) is 37.0 Å². The number of thioether (sulfide) groups is 1. The Morgan fingerprint density at radius 2 is 1.94 bits per heavy atom. The Labute approximate surface area is 208 Å². The van der Waals surface area contributed by atoms with E-state index in [4.69, 9.17) is 14.5 Å². The smallest absolute Gasteiger partial charge is 0.251 e. The minimum atomic E-state index is -0.0616. The van der Waals surface area contributed by atoms with E-state index < -0.39 is 0 Å². The fraction of sp³-hybridized carbons (Fsp3) is 0.296. The molecule has 1 aliphatic heterocycles. The van der Waals surface area contributed by atoms with Crippen LogP contribution in [0.25, 0.3) is 11.0 Å². The van der Waals surface area contributed by atoms with Crippen LogP contribution in [-0.4, -0.2) is 46.8 Å². The number of imidazole rings is 1. The van der Waals surface area contributed by atoms with E-state index in [1.165, 1.54) is 0 Å². The summed E-state index contributed by atoms with van der Waals surface area (Å²) in [5.41, 5.74) is 4.88. The van der Waals surface area contributed by atoms with E-state index in [-0.39, 0.29) is 12.0 Å². The molecule has 5 rings (SSSR count). The van der Waals surface area contributed by atoms with Crippen LogP contribution in [-0.2, 0) is 17.0 Å². The second-order valence-electron chi connectivity index (χ2n) is 8.52. The number of nitrogens with zero attached hydrogens (tertiary/aromatic N) is 3. The minimum Gasteiger partial charge on any atom is -0.497 e. The number of aromatic nitrogens is 3. The van der Waals surface area contributed by atoms with Crippen LogP contribution in [0.5, 0.6) is 5.75 Å². The van der Waals surface area contributed by atoms with Crippen LogP contribution < -0.4 is 10.1 Å².